The number of amides is 1. The van der Waals surface area contributed by atoms with E-state index in [-0.39, 0.29) is 12.0 Å². The van der Waals surface area contributed by atoms with E-state index in [1.807, 2.05) is 50.6 Å². The van der Waals surface area contributed by atoms with Gasteiger partial charge in [-0.3, -0.25) is 9.78 Å². The fourth-order valence-electron chi connectivity index (χ4n) is 4.62. The van der Waals surface area contributed by atoms with Crippen LogP contribution in [0.3, 0.4) is 0 Å². The topological polar surface area (TPSA) is 82.5 Å². The predicted octanol–water partition coefficient (Wildman–Crippen LogP) is 4.76. The fourth-order valence-corrected chi connectivity index (χ4v) is 4.62. The van der Waals surface area contributed by atoms with Crippen LogP contribution in [0.4, 0.5) is 4.39 Å². The molecule has 3 aromatic carbocycles. The Labute approximate surface area is 215 Å². The third-order valence-electron chi connectivity index (χ3n) is 6.36. The number of aliphatic carboxylic acids is 1. The highest BCUT2D eigenvalue weighted by atomic mass is 19.1. The van der Waals surface area contributed by atoms with E-state index in [0.29, 0.717) is 12.0 Å². The first-order chi connectivity index (χ1) is 17.7. The largest absolute Gasteiger partial charge is 0.480 e. The molecular formula is C30H30FN3O3. The monoisotopic (exact) mass is 499 g/mol. The average molecular weight is 500 g/mol. The summed E-state index contributed by atoms with van der Waals surface area (Å²) in [4.78, 5) is 31.1. The van der Waals surface area contributed by atoms with Crippen LogP contribution in [0.2, 0.25) is 0 Å². The molecule has 7 heteroatoms. The molecule has 0 aliphatic rings. The lowest BCUT2D eigenvalue weighted by Crippen LogP contribution is -2.42. The van der Waals surface area contributed by atoms with E-state index in [4.69, 9.17) is 0 Å². The summed E-state index contributed by atoms with van der Waals surface area (Å²) in [6, 6.07) is 17.1. The Hall–Kier alpha value is -4.10. The van der Waals surface area contributed by atoms with E-state index >= 15 is 0 Å². The van der Waals surface area contributed by atoms with Crippen LogP contribution in [-0.4, -0.2) is 47.0 Å². The Morgan fingerprint density at radius 2 is 1.73 bits per heavy atom. The van der Waals surface area contributed by atoms with Crippen LogP contribution >= 0.6 is 0 Å². The number of halogens is 1. The maximum Gasteiger partial charge on any atom is 0.326 e. The summed E-state index contributed by atoms with van der Waals surface area (Å²) < 4.78 is 14.2. The lowest BCUT2D eigenvalue weighted by molar-refractivity contribution is -0.139. The molecule has 0 aliphatic carbocycles. The van der Waals surface area contributed by atoms with Gasteiger partial charge in [0.15, 0.2) is 0 Å². The van der Waals surface area contributed by atoms with Crippen molar-refractivity contribution in [3.63, 3.8) is 0 Å². The van der Waals surface area contributed by atoms with E-state index in [2.05, 4.69) is 27.3 Å². The molecule has 37 heavy (non-hydrogen) atoms. The van der Waals surface area contributed by atoms with Gasteiger partial charge in [-0.05, 0) is 72.8 Å². The molecule has 2 N–H and O–H groups in total. The summed E-state index contributed by atoms with van der Waals surface area (Å²) >= 11 is 0. The second-order valence-corrected chi connectivity index (χ2v) is 9.54. The normalized spacial score (nSPS) is 12.0. The van der Waals surface area contributed by atoms with Crippen molar-refractivity contribution in [1.29, 1.82) is 0 Å². The lowest BCUT2D eigenvalue weighted by atomic mass is 9.95. The molecule has 0 aliphatic heterocycles. The first-order valence-corrected chi connectivity index (χ1v) is 12.1. The van der Waals surface area contributed by atoms with Crippen molar-refractivity contribution >= 4 is 22.6 Å². The Balaban J connectivity index is 1.55. The quantitative estimate of drug-likeness (QED) is 0.347. The van der Waals surface area contributed by atoms with Crippen LogP contribution in [0.25, 0.3) is 10.8 Å². The summed E-state index contributed by atoms with van der Waals surface area (Å²) in [5.74, 6) is -2.60. The molecular weight excluding hydrogens is 469 g/mol. The smallest absolute Gasteiger partial charge is 0.326 e. The number of nitrogens with one attached hydrogen (secondary N) is 1. The zero-order chi connectivity index (χ0) is 26.5. The highest BCUT2D eigenvalue weighted by Crippen LogP contribution is 2.25. The minimum absolute atomic E-state index is 0.0759. The molecule has 0 saturated heterocycles. The van der Waals surface area contributed by atoms with Crippen molar-refractivity contribution in [2.45, 2.75) is 32.4 Å². The number of carboxylic acids is 1. The molecule has 1 heterocycles. The van der Waals surface area contributed by atoms with E-state index < -0.39 is 23.7 Å². The lowest BCUT2D eigenvalue weighted by Gasteiger charge is -2.17. The molecule has 0 bridgehead atoms. The van der Waals surface area contributed by atoms with Gasteiger partial charge in [-0.2, -0.15) is 0 Å². The number of hydrogen-bond donors (Lipinski definition) is 2. The summed E-state index contributed by atoms with van der Waals surface area (Å²) in [5, 5.41) is 14.5. The minimum Gasteiger partial charge on any atom is -0.480 e. The van der Waals surface area contributed by atoms with Crippen LogP contribution in [0.1, 0.15) is 38.2 Å². The number of rotatable bonds is 9. The zero-order valence-corrected chi connectivity index (χ0v) is 21.2. The predicted molar refractivity (Wildman–Crippen MR) is 142 cm³/mol. The van der Waals surface area contributed by atoms with Crippen molar-refractivity contribution in [2.24, 2.45) is 0 Å². The summed E-state index contributed by atoms with van der Waals surface area (Å²) in [5.41, 5.74) is 4.44. The van der Waals surface area contributed by atoms with Crippen molar-refractivity contribution in [1.82, 2.24) is 15.2 Å². The molecule has 0 unspecified atom stereocenters. The van der Waals surface area contributed by atoms with Crippen LogP contribution in [0.5, 0.6) is 0 Å². The van der Waals surface area contributed by atoms with Crippen LogP contribution < -0.4 is 5.32 Å². The highest BCUT2D eigenvalue weighted by molar-refractivity contribution is 5.98. The third-order valence-corrected chi connectivity index (χ3v) is 6.36. The number of carboxylic acid groups (broad SMARTS) is 1. The maximum absolute atomic E-state index is 14.2. The van der Waals surface area contributed by atoms with Gasteiger partial charge in [0, 0.05) is 30.7 Å². The van der Waals surface area contributed by atoms with Gasteiger partial charge >= 0.3 is 5.97 Å². The van der Waals surface area contributed by atoms with Gasteiger partial charge in [0.05, 0.1) is 5.56 Å². The third kappa shape index (κ3) is 6.19. The Morgan fingerprint density at radius 1 is 1.00 bits per heavy atom. The Bertz CT molecular complexity index is 1430. The van der Waals surface area contributed by atoms with Crippen LogP contribution in [-0.2, 0) is 24.2 Å². The molecule has 4 rings (SSSR count). The molecule has 0 spiro atoms. The van der Waals surface area contributed by atoms with Gasteiger partial charge in [0.2, 0.25) is 0 Å². The van der Waals surface area contributed by atoms with Crippen LogP contribution in [0.15, 0.2) is 73.1 Å². The number of carbonyl (C=O) groups excluding carboxylic acids is 1. The van der Waals surface area contributed by atoms with E-state index in [9.17, 15) is 19.1 Å². The zero-order valence-electron chi connectivity index (χ0n) is 21.2. The van der Waals surface area contributed by atoms with Gasteiger partial charge in [-0.1, -0.05) is 48.5 Å². The van der Waals surface area contributed by atoms with Crippen LogP contribution in [0, 0.1) is 12.7 Å². The van der Waals surface area contributed by atoms with Gasteiger partial charge in [-0.15, -0.1) is 0 Å². The van der Waals surface area contributed by atoms with E-state index in [0.717, 1.165) is 34.0 Å². The number of carbonyl (C=O) groups is 2. The molecule has 4 aromatic rings. The number of nitrogens with zero attached hydrogens (tertiary/aromatic N) is 2. The second-order valence-electron chi connectivity index (χ2n) is 9.54. The standard InChI is InChI=1S/C30H30FN3O3/c1-19-6-4-9-26(31)28(19)29(35)33-27(30(36)37)16-21-8-5-7-20(14-21)15-22-10-11-23(18-34(2)3)24-12-13-32-17-25(22)24/h4-14,17,27H,15-16,18H2,1-3H3,(H,33,35)(H,36,37)/t27-/m0/s1. The molecule has 1 aromatic heterocycles. The minimum atomic E-state index is -1.20. The van der Waals surface area contributed by atoms with Gasteiger partial charge in [-0.25, -0.2) is 9.18 Å². The van der Waals surface area contributed by atoms with E-state index in [1.54, 1.807) is 19.2 Å². The average Bonchev–Trinajstić information content (AvgIpc) is 2.85. The fraction of sp³-hybridized carbons (Fsp3) is 0.233. The molecule has 190 valence electrons. The molecule has 0 saturated carbocycles. The van der Waals surface area contributed by atoms with Crippen molar-refractivity contribution < 1.29 is 19.1 Å². The van der Waals surface area contributed by atoms with Gasteiger partial charge < -0.3 is 15.3 Å². The maximum atomic E-state index is 14.2. The molecule has 1 atom stereocenters. The summed E-state index contributed by atoms with van der Waals surface area (Å²) in [6.45, 7) is 2.44. The number of fused-ring (bicyclic) bond motifs is 1. The SMILES string of the molecule is Cc1cccc(F)c1C(=O)N[C@@H](Cc1cccc(Cc2ccc(CN(C)C)c3ccncc23)c1)C(=O)O. The Kier molecular flexibility index (Phi) is 7.94. The Morgan fingerprint density at radius 3 is 2.46 bits per heavy atom. The first-order valence-electron chi connectivity index (χ1n) is 12.1. The first kappa shape index (κ1) is 26.0. The summed E-state index contributed by atoms with van der Waals surface area (Å²) in [7, 11) is 4.08. The van der Waals surface area contributed by atoms with Gasteiger partial charge in [0.1, 0.15) is 11.9 Å². The van der Waals surface area contributed by atoms with Crippen molar-refractivity contribution in [2.75, 3.05) is 14.1 Å². The molecule has 0 fully saturated rings. The summed E-state index contributed by atoms with van der Waals surface area (Å²) in [6.07, 6.45) is 4.41. The molecule has 0 radical (unpaired) electrons. The number of pyridine rings is 1. The van der Waals surface area contributed by atoms with Crippen molar-refractivity contribution in [3.8, 4) is 0 Å². The molecule has 1 amide bonds. The van der Waals surface area contributed by atoms with Gasteiger partial charge in [0.25, 0.3) is 5.91 Å². The van der Waals surface area contributed by atoms with Crippen molar-refractivity contribution in [3.05, 3.63) is 112 Å². The number of benzene rings is 3. The molecule has 6 nitrogen and oxygen atoms in total. The second kappa shape index (κ2) is 11.3. The number of aryl methyl sites for hydroxylation is 1. The number of aromatic nitrogens is 1. The van der Waals surface area contributed by atoms with E-state index in [1.165, 1.54) is 17.7 Å². The number of hydrogen-bond acceptors (Lipinski definition) is 4. The highest BCUT2D eigenvalue weighted by Gasteiger charge is 2.24.